The molecule has 0 radical (unpaired) electrons. The Morgan fingerprint density at radius 3 is 2.50 bits per heavy atom. The van der Waals surface area contributed by atoms with Gasteiger partial charge in [-0.05, 0) is 13.0 Å². The Bertz CT molecular complexity index is 406. The summed E-state index contributed by atoms with van der Waals surface area (Å²) in [6.45, 7) is 8.06. The Labute approximate surface area is 83.1 Å². The van der Waals surface area contributed by atoms with Gasteiger partial charge in [0.1, 0.15) is 5.15 Å². The Morgan fingerprint density at radius 1 is 1.50 bits per heavy atom. The topological polar surface area (TPSA) is 17.2 Å². The van der Waals surface area contributed by atoms with E-state index in [0.717, 1.165) is 0 Å². The van der Waals surface area contributed by atoms with Gasteiger partial charge in [-0.2, -0.15) is 13.2 Å². The molecule has 1 rings (SSSR count). The summed E-state index contributed by atoms with van der Waals surface area (Å²) in [7, 11) is 0. The van der Waals surface area contributed by atoms with Gasteiger partial charge >= 0.3 is 6.18 Å². The molecular formula is C8H4ClF3N2. The standard InChI is InChI=1S/C8H4ClF3N2/c1-4-6(13-2)3-5(7(9)14-4)8(10,11)12/h3H,1H3. The van der Waals surface area contributed by atoms with Crippen LogP contribution in [0.4, 0.5) is 18.9 Å². The minimum Gasteiger partial charge on any atom is -0.252 e. The summed E-state index contributed by atoms with van der Waals surface area (Å²) in [6, 6.07) is 0.706. The first-order chi connectivity index (χ1) is 6.36. The molecule has 0 N–H and O–H groups in total. The van der Waals surface area contributed by atoms with Crippen LogP contribution in [0.15, 0.2) is 6.07 Å². The van der Waals surface area contributed by atoms with Crippen LogP contribution in [0.3, 0.4) is 0 Å². The summed E-state index contributed by atoms with van der Waals surface area (Å²) in [6.07, 6.45) is -4.57. The molecule has 0 spiro atoms. The summed E-state index contributed by atoms with van der Waals surface area (Å²) >= 11 is 5.31. The maximum atomic E-state index is 12.3. The van der Waals surface area contributed by atoms with Crippen LogP contribution in [0.25, 0.3) is 4.85 Å². The number of alkyl halides is 3. The van der Waals surface area contributed by atoms with Gasteiger partial charge in [-0.3, -0.25) is 4.98 Å². The maximum Gasteiger partial charge on any atom is 0.418 e. The fourth-order valence-electron chi connectivity index (χ4n) is 0.877. The molecule has 1 aromatic rings. The molecule has 0 amide bonds. The fraction of sp³-hybridized carbons (Fsp3) is 0.250. The molecule has 0 bridgehead atoms. The van der Waals surface area contributed by atoms with Crippen LogP contribution < -0.4 is 0 Å². The third-order valence-corrected chi connectivity index (χ3v) is 1.85. The highest BCUT2D eigenvalue weighted by atomic mass is 35.5. The van der Waals surface area contributed by atoms with Crippen LogP contribution in [0.5, 0.6) is 0 Å². The van der Waals surface area contributed by atoms with Gasteiger partial charge in [0.05, 0.1) is 12.1 Å². The molecule has 1 aromatic heterocycles. The average Bonchev–Trinajstić information content (AvgIpc) is 2.02. The van der Waals surface area contributed by atoms with Crippen LogP contribution in [-0.4, -0.2) is 4.98 Å². The molecule has 0 aliphatic carbocycles. The number of nitrogens with zero attached hydrogens (tertiary/aromatic N) is 2. The summed E-state index contributed by atoms with van der Waals surface area (Å²) in [4.78, 5) is 6.36. The normalized spacial score (nSPS) is 11.1. The molecule has 1 heterocycles. The molecule has 0 saturated heterocycles. The first-order valence-electron chi connectivity index (χ1n) is 3.48. The van der Waals surface area contributed by atoms with Crippen molar-refractivity contribution < 1.29 is 13.2 Å². The lowest BCUT2D eigenvalue weighted by atomic mass is 10.2. The van der Waals surface area contributed by atoms with Crippen molar-refractivity contribution in [3.63, 3.8) is 0 Å². The Kier molecular flexibility index (Phi) is 2.67. The van der Waals surface area contributed by atoms with Gasteiger partial charge in [-0.1, -0.05) is 11.6 Å². The monoisotopic (exact) mass is 220 g/mol. The Balaban J connectivity index is 3.41. The molecule has 0 atom stereocenters. The third-order valence-electron chi connectivity index (χ3n) is 1.57. The molecule has 6 heteroatoms. The van der Waals surface area contributed by atoms with E-state index < -0.39 is 16.9 Å². The van der Waals surface area contributed by atoms with E-state index in [0.29, 0.717) is 6.07 Å². The summed E-state index contributed by atoms with van der Waals surface area (Å²) in [5.41, 5.74) is -1.02. The lowest BCUT2D eigenvalue weighted by Gasteiger charge is -2.09. The van der Waals surface area contributed by atoms with Gasteiger partial charge in [0.25, 0.3) is 0 Å². The largest absolute Gasteiger partial charge is 0.418 e. The van der Waals surface area contributed by atoms with E-state index in [2.05, 4.69) is 9.83 Å². The van der Waals surface area contributed by atoms with E-state index in [-0.39, 0.29) is 11.4 Å². The molecule has 0 unspecified atom stereocenters. The van der Waals surface area contributed by atoms with E-state index in [1.54, 1.807) is 0 Å². The van der Waals surface area contributed by atoms with Crippen LogP contribution in [0.2, 0.25) is 5.15 Å². The lowest BCUT2D eigenvalue weighted by Crippen LogP contribution is -2.07. The number of rotatable bonds is 0. The second-order valence-corrected chi connectivity index (χ2v) is 2.90. The SMILES string of the molecule is [C-]#[N+]c1cc(C(F)(F)F)c(Cl)nc1C. The Morgan fingerprint density at radius 2 is 2.07 bits per heavy atom. The first-order valence-corrected chi connectivity index (χ1v) is 3.86. The highest BCUT2D eigenvalue weighted by Crippen LogP contribution is 2.36. The molecule has 14 heavy (non-hydrogen) atoms. The quantitative estimate of drug-likeness (QED) is 0.482. The first kappa shape index (κ1) is 10.8. The second-order valence-electron chi connectivity index (χ2n) is 2.54. The maximum absolute atomic E-state index is 12.3. The van der Waals surface area contributed by atoms with Crippen molar-refractivity contribution in [3.8, 4) is 0 Å². The molecule has 2 nitrogen and oxygen atoms in total. The van der Waals surface area contributed by atoms with Crippen molar-refractivity contribution in [1.82, 2.24) is 4.98 Å². The van der Waals surface area contributed by atoms with E-state index in [1.807, 2.05) is 0 Å². The van der Waals surface area contributed by atoms with Crippen molar-refractivity contribution in [2.45, 2.75) is 13.1 Å². The van der Waals surface area contributed by atoms with E-state index >= 15 is 0 Å². The van der Waals surface area contributed by atoms with E-state index in [1.165, 1.54) is 6.92 Å². The zero-order valence-electron chi connectivity index (χ0n) is 6.98. The highest BCUT2D eigenvalue weighted by Gasteiger charge is 2.34. The number of aromatic nitrogens is 1. The van der Waals surface area contributed by atoms with E-state index in [4.69, 9.17) is 18.2 Å². The number of hydrogen-bond donors (Lipinski definition) is 0. The summed E-state index contributed by atoms with van der Waals surface area (Å²) in [5.74, 6) is 0. The second kappa shape index (κ2) is 3.46. The number of hydrogen-bond acceptors (Lipinski definition) is 1. The molecule has 0 aromatic carbocycles. The molecule has 74 valence electrons. The molecule has 0 saturated carbocycles. The van der Waals surface area contributed by atoms with Crippen molar-refractivity contribution in [2.24, 2.45) is 0 Å². The van der Waals surface area contributed by atoms with Gasteiger partial charge in [0, 0.05) is 5.69 Å². The fourth-order valence-corrected chi connectivity index (χ4v) is 1.17. The third kappa shape index (κ3) is 1.96. The lowest BCUT2D eigenvalue weighted by molar-refractivity contribution is -0.137. The van der Waals surface area contributed by atoms with Gasteiger partial charge in [0.2, 0.25) is 5.69 Å². The van der Waals surface area contributed by atoms with Crippen molar-refractivity contribution >= 4 is 17.3 Å². The van der Waals surface area contributed by atoms with Gasteiger partial charge in [0.15, 0.2) is 0 Å². The highest BCUT2D eigenvalue weighted by molar-refractivity contribution is 6.30. The zero-order chi connectivity index (χ0) is 10.9. The van der Waals surface area contributed by atoms with Gasteiger partial charge in [-0.15, -0.1) is 0 Å². The summed E-state index contributed by atoms with van der Waals surface area (Å²) in [5, 5.41) is -0.623. The molecule has 0 aliphatic heterocycles. The number of halogens is 4. The predicted octanol–water partition coefficient (Wildman–Crippen LogP) is 3.61. The van der Waals surface area contributed by atoms with Crippen LogP contribution in [0.1, 0.15) is 11.3 Å². The smallest absolute Gasteiger partial charge is 0.252 e. The van der Waals surface area contributed by atoms with Crippen molar-refractivity contribution in [2.75, 3.05) is 0 Å². The molecule has 0 fully saturated rings. The minimum absolute atomic E-state index is 0.137. The van der Waals surface area contributed by atoms with Crippen molar-refractivity contribution in [3.05, 3.63) is 33.9 Å². The zero-order valence-corrected chi connectivity index (χ0v) is 7.74. The Hall–Kier alpha value is -1.28. The van der Waals surface area contributed by atoms with Crippen LogP contribution >= 0.6 is 11.6 Å². The average molecular weight is 221 g/mol. The molecule has 0 aliphatic rings. The summed E-state index contributed by atoms with van der Waals surface area (Å²) < 4.78 is 36.8. The minimum atomic E-state index is -4.57. The van der Waals surface area contributed by atoms with Gasteiger partial charge in [-0.25, -0.2) is 4.85 Å². The number of aryl methyl sites for hydroxylation is 1. The van der Waals surface area contributed by atoms with Crippen LogP contribution in [-0.2, 0) is 6.18 Å². The van der Waals surface area contributed by atoms with Crippen molar-refractivity contribution in [1.29, 1.82) is 0 Å². The van der Waals surface area contributed by atoms with Crippen LogP contribution in [0, 0.1) is 13.5 Å². The molecular weight excluding hydrogens is 217 g/mol. The van der Waals surface area contributed by atoms with Gasteiger partial charge < -0.3 is 0 Å². The number of pyridine rings is 1. The predicted molar refractivity (Wildman–Crippen MR) is 45.2 cm³/mol. The van der Waals surface area contributed by atoms with E-state index in [9.17, 15) is 13.2 Å².